The molecule has 3 aromatic carbocycles. The van der Waals surface area contributed by atoms with Crippen LogP contribution in [0.3, 0.4) is 0 Å². The summed E-state index contributed by atoms with van der Waals surface area (Å²) in [6.07, 6.45) is -1.51. The Kier molecular flexibility index (Phi) is 9.64. The molecule has 1 N–H and O–H groups in total. The molecule has 1 fully saturated rings. The summed E-state index contributed by atoms with van der Waals surface area (Å²) in [5.74, 6) is -0.135. The molecular weight excluding hydrogens is 454 g/mol. The molecule has 4 rings (SSSR count). The largest absolute Gasteiger partial charge is 0.374 e. The van der Waals surface area contributed by atoms with Gasteiger partial charge in [-0.25, -0.2) is 0 Å². The molecule has 0 spiro atoms. The molecule has 0 aliphatic carbocycles. The lowest BCUT2D eigenvalue weighted by Gasteiger charge is -2.45. The van der Waals surface area contributed by atoms with E-state index in [0.29, 0.717) is 26.4 Å². The van der Waals surface area contributed by atoms with Crippen LogP contribution in [-0.2, 0) is 43.6 Å². The number of carbonyl (C=O) groups is 1. The molecular formula is C30H35NO5. The van der Waals surface area contributed by atoms with Gasteiger partial charge in [0, 0.05) is 6.92 Å². The van der Waals surface area contributed by atoms with Crippen LogP contribution in [0.4, 0.5) is 0 Å². The van der Waals surface area contributed by atoms with Gasteiger partial charge in [-0.2, -0.15) is 0 Å². The van der Waals surface area contributed by atoms with Gasteiger partial charge in [-0.15, -0.1) is 0 Å². The molecule has 3 unspecified atom stereocenters. The molecule has 3 aromatic rings. The van der Waals surface area contributed by atoms with Gasteiger partial charge in [0.1, 0.15) is 18.3 Å². The summed E-state index contributed by atoms with van der Waals surface area (Å²) in [6.45, 7) is 5.09. The second-order valence-electron chi connectivity index (χ2n) is 9.13. The van der Waals surface area contributed by atoms with Crippen molar-refractivity contribution in [3.8, 4) is 0 Å². The van der Waals surface area contributed by atoms with E-state index in [1.54, 1.807) is 0 Å². The first-order valence-electron chi connectivity index (χ1n) is 12.5. The Balaban J connectivity index is 1.53. The molecule has 0 radical (unpaired) electrons. The van der Waals surface area contributed by atoms with E-state index in [0.717, 1.165) is 16.7 Å². The molecule has 1 saturated heterocycles. The van der Waals surface area contributed by atoms with Crippen LogP contribution in [0, 0.1) is 0 Å². The van der Waals surface area contributed by atoms with Gasteiger partial charge in [0.2, 0.25) is 5.91 Å². The Labute approximate surface area is 213 Å². The molecule has 5 atom stereocenters. The quantitative estimate of drug-likeness (QED) is 0.424. The Morgan fingerprint density at radius 2 is 1.22 bits per heavy atom. The molecule has 1 aliphatic rings. The van der Waals surface area contributed by atoms with Crippen LogP contribution in [0.5, 0.6) is 0 Å². The second-order valence-corrected chi connectivity index (χ2v) is 9.13. The van der Waals surface area contributed by atoms with Gasteiger partial charge >= 0.3 is 0 Å². The molecule has 1 aliphatic heterocycles. The molecule has 190 valence electrons. The fraction of sp³-hybridized carbons (Fsp3) is 0.367. The maximum Gasteiger partial charge on any atom is 0.217 e. The van der Waals surface area contributed by atoms with E-state index in [9.17, 15) is 4.79 Å². The fourth-order valence-electron chi connectivity index (χ4n) is 4.49. The van der Waals surface area contributed by atoms with Crippen molar-refractivity contribution >= 4 is 5.91 Å². The normalized spacial score (nSPS) is 23.8. The summed E-state index contributed by atoms with van der Waals surface area (Å²) in [7, 11) is 0. The van der Waals surface area contributed by atoms with Crippen molar-refractivity contribution in [1.82, 2.24) is 5.32 Å². The topological polar surface area (TPSA) is 66.0 Å². The SMILES string of the molecule is CC(=O)NC1C(C)OC(COCc2ccccc2)[C@@H](OCc2ccccc2)[C@H]1OCc1ccccc1. The second kappa shape index (κ2) is 13.3. The van der Waals surface area contributed by atoms with Crippen molar-refractivity contribution in [3.05, 3.63) is 108 Å². The summed E-state index contributed by atoms with van der Waals surface area (Å²) in [4.78, 5) is 12.1. The van der Waals surface area contributed by atoms with E-state index in [1.165, 1.54) is 6.92 Å². The first-order valence-corrected chi connectivity index (χ1v) is 12.5. The molecule has 0 bridgehead atoms. The minimum Gasteiger partial charge on any atom is -0.374 e. The molecule has 36 heavy (non-hydrogen) atoms. The third kappa shape index (κ3) is 7.48. The Morgan fingerprint density at radius 1 is 0.750 bits per heavy atom. The van der Waals surface area contributed by atoms with Crippen LogP contribution in [0.2, 0.25) is 0 Å². The van der Waals surface area contributed by atoms with Crippen LogP contribution in [0.1, 0.15) is 30.5 Å². The highest BCUT2D eigenvalue weighted by Crippen LogP contribution is 2.28. The molecule has 1 amide bonds. The first kappa shape index (κ1) is 26.0. The molecule has 0 saturated carbocycles. The molecule has 1 heterocycles. The van der Waals surface area contributed by atoms with Gasteiger partial charge in [0.25, 0.3) is 0 Å². The zero-order chi connectivity index (χ0) is 25.2. The van der Waals surface area contributed by atoms with Crippen LogP contribution in [-0.4, -0.2) is 43.0 Å². The van der Waals surface area contributed by atoms with Crippen molar-refractivity contribution in [2.45, 2.75) is 64.1 Å². The maximum absolute atomic E-state index is 12.1. The summed E-state index contributed by atoms with van der Waals surface area (Å²) < 4.78 is 25.4. The number of rotatable bonds is 11. The van der Waals surface area contributed by atoms with E-state index >= 15 is 0 Å². The summed E-state index contributed by atoms with van der Waals surface area (Å²) >= 11 is 0. The highest BCUT2D eigenvalue weighted by Gasteiger charge is 2.46. The van der Waals surface area contributed by atoms with Crippen molar-refractivity contribution in [2.75, 3.05) is 6.61 Å². The van der Waals surface area contributed by atoms with Crippen molar-refractivity contribution in [2.24, 2.45) is 0 Å². The summed E-state index contributed by atoms with van der Waals surface area (Å²) in [5, 5.41) is 3.04. The van der Waals surface area contributed by atoms with Crippen LogP contribution >= 0.6 is 0 Å². The number of nitrogens with one attached hydrogen (secondary N) is 1. The highest BCUT2D eigenvalue weighted by atomic mass is 16.6. The number of hydrogen-bond donors (Lipinski definition) is 1. The number of amides is 1. The summed E-state index contributed by atoms with van der Waals surface area (Å²) in [6, 6.07) is 29.7. The zero-order valence-corrected chi connectivity index (χ0v) is 20.9. The molecule has 6 nitrogen and oxygen atoms in total. The lowest BCUT2D eigenvalue weighted by Crippen LogP contribution is -2.64. The van der Waals surface area contributed by atoms with Gasteiger partial charge < -0.3 is 24.3 Å². The van der Waals surface area contributed by atoms with Gasteiger partial charge in [-0.05, 0) is 23.6 Å². The Morgan fingerprint density at radius 3 is 1.72 bits per heavy atom. The predicted octanol–water partition coefficient (Wildman–Crippen LogP) is 4.67. The monoisotopic (exact) mass is 489 g/mol. The minimum atomic E-state index is -0.447. The van der Waals surface area contributed by atoms with E-state index in [2.05, 4.69) is 5.32 Å². The van der Waals surface area contributed by atoms with Crippen LogP contribution in [0.15, 0.2) is 91.0 Å². The van der Waals surface area contributed by atoms with Crippen LogP contribution in [0.25, 0.3) is 0 Å². The fourth-order valence-corrected chi connectivity index (χ4v) is 4.49. The smallest absolute Gasteiger partial charge is 0.217 e. The van der Waals surface area contributed by atoms with Gasteiger partial charge in [0.05, 0.1) is 38.6 Å². The Hall–Kier alpha value is -3.03. The van der Waals surface area contributed by atoms with Gasteiger partial charge in [0.15, 0.2) is 0 Å². The van der Waals surface area contributed by atoms with Gasteiger partial charge in [-0.3, -0.25) is 4.79 Å². The maximum atomic E-state index is 12.1. The number of hydrogen-bond acceptors (Lipinski definition) is 5. The van der Waals surface area contributed by atoms with E-state index in [-0.39, 0.29) is 24.2 Å². The Bertz CT molecular complexity index is 1050. The number of benzene rings is 3. The number of carbonyl (C=O) groups excluding carboxylic acids is 1. The average molecular weight is 490 g/mol. The third-order valence-electron chi connectivity index (χ3n) is 6.27. The number of ether oxygens (including phenoxy) is 4. The lowest BCUT2D eigenvalue weighted by atomic mass is 9.92. The van der Waals surface area contributed by atoms with E-state index < -0.39 is 12.2 Å². The van der Waals surface area contributed by atoms with Crippen molar-refractivity contribution in [1.29, 1.82) is 0 Å². The van der Waals surface area contributed by atoms with E-state index in [1.807, 2.05) is 97.9 Å². The standard InChI is InChI=1S/C30H35NO5/c1-22-28(31-23(2)32)30(35-20-26-16-10-5-11-17-26)29(34-19-25-14-8-4-9-15-25)27(36-22)21-33-18-24-12-6-3-7-13-24/h3-17,22,27-30H,18-21H2,1-2H3,(H,31,32)/t22?,27?,28?,29-,30+/m1/s1. The zero-order valence-electron chi connectivity index (χ0n) is 20.9. The van der Waals surface area contributed by atoms with Gasteiger partial charge in [-0.1, -0.05) is 91.0 Å². The lowest BCUT2D eigenvalue weighted by molar-refractivity contribution is -0.229. The van der Waals surface area contributed by atoms with Crippen LogP contribution < -0.4 is 5.32 Å². The van der Waals surface area contributed by atoms with Crippen molar-refractivity contribution < 1.29 is 23.7 Å². The molecule has 0 aromatic heterocycles. The van der Waals surface area contributed by atoms with Crippen molar-refractivity contribution in [3.63, 3.8) is 0 Å². The van der Waals surface area contributed by atoms with E-state index in [4.69, 9.17) is 18.9 Å². The predicted molar refractivity (Wildman–Crippen MR) is 138 cm³/mol. The highest BCUT2D eigenvalue weighted by molar-refractivity contribution is 5.73. The third-order valence-corrected chi connectivity index (χ3v) is 6.27. The minimum absolute atomic E-state index is 0.135. The molecule has 6 heteroatoms. The summed E-state index contributed by atoms with van der Waals surface area (Å²) in [5.41, 5.74) is 3.20. The first-order chi connectivity index (χ1) is 17.6. The average Bonchev–Trinajstić information content (AvgIpc) is 2.90.